The largest absolute Gasteiger partial charge is 0.396 e. The van der Waals surface area contributed by atoms with Gasteiger partial charge in [0.1, 0.15) is 0 Å². The first kappa shape index (κ1) is 12.9. The standard InChI is InChI=1S/C14H25NO2/c16-9-3-8-15-14(17)13-7-6-11-4-1-2-5-12(11)10-13/h11-13,16H,1-10H2,(H,15,17). The lowest BCUT2D eigenvalue weighted by atomic mass is 9.67. The van der Waals surface area contributed by atoms with E-state index >= 15 is 0 Å². The van der Waals surface area contributed by atoms with Gasteiger partial charge in [0.25, 0.3) is 0 Å². The zero-order valence-corrected chi connectivity index (χ0v) is 10.7. The van der Waals surface area contributed by atoms with E-state index in [1.54, 1.807) is 0 Å². The minimum atomic E-state index is 0.162. The molecule has 0 aromatic heterocycles. The molecule has 0 aromatic rings. The molecule has 2 aliphatic rings. The highest BCUT2D eigenvalue weighted by Gasteiger charge is 2.34. The highest BCUT2D eigenvalue weighted by molar-refractivity contribution is 5.78. The van der Waals surface area contributed by atoms with Gasteiger partial charge in [-0.05, 0) is 37.5 Å². The molecule has 3 heteroatoms. The van der Waals surface area contributed by atoms with Crippen LogP contribution in [0.4, 0.5) is 0 Å². The van der Waals surface area contributed by atoms with Crippen LogP contribution < -0.4 is 5.32 Å². The summed E-state index contributed by atoms with van der Waals surface area (Å²) in [6.07, 6.45) is 9.60. The lowest BCUT2D eigenvalue weighted by Gasteiger charge is -2.38. The second-order valence-corrected chi connectivity index (χ2v) is 5.68. The van der Waals surface area contributed by atoms with E-state index in [2.05, 4.69) is 5.32 Å². The lowest BCUT2D eigenvalue weighted by Crippen LogP contribution is -2.37. The second kappa shape index (κ2) is 6.39. The number of carbonyl (C=O) groups excluding carboxylic acids is 1. The molecule has 3 unspecified atom stereocenters. The van der Waals surface area contributed by atoms with E-state index in [1.807, 2.05) is 0 Å². The van der Waals surface area contributed by atoms with Gasteiger partial charge in [0.05, 0.1) is 0 Å². The van der Waals surface area contributed by atoms with Crippen LogP contribution in [0, 0.1) is 17.8 Å². The normalized spacial score (nSPS) is 32.9. The van der Waals surface area contributed by atoms with E-state index in [1.165, 1.54) is 32.1 Å². The van der Waals surface area contributed by atoms with E-state index in [4.69, 9.17) is 5.11 Å². The first-order valence-corrected chi connectivity index (χ1v) is 7.20. The average molecular weight is 239 g/mol. The maximum atomic E-state index is 12.0. The topological polar surface area (TPSA) is 49.3 Å². The predicted octanol–water partition coefficient (Wildman–Crippen LogP) is 2.09. The summed E-state index contributed by atoms with van der Waals surface area (Å²) in [6.45, 7) is 0.787. The molecule has 1 amide bonds. The minimum absolute atomic E-state index is 0.162. The molecule has 0 saturated heterocycles. The van der Waals surface area contributed by atoms with Gasteiger partial charge in [-0.15, -0.1) is 0 Å². The maximum absolute atomic E-state index is 12.0. The molecule has 3 nitrogen and oxygen atoms in total. The molecule has 0 aliphatic heterocycles. The van der Waals surface area contributed by atoms with Crippen molar-refractivity contribution in [2.75, 3.05) is 13.2 Å². The van der Waals surface area contributed by atoms with Crippen LogP contribution in [0.2, 0.25) is 0 Å². The van der Waals surface area contributed by atoms with Gasteiger partial charge in [-0.2, -0.15) is 0 Å². The quantitative estimate of drug-likeness (QED) is 0.738. The maximum Gasteiger partial charge on any atom is 0.223 e. The van der Waals surface area contributed by atoms with Gasteiger partial charge < -0.3 is 10.4 Å². The molecule has 0 heterocycles. The number of carbonyl (C=O) groups is 1. The predicted molar refractivity (Wildman–Crippen MR) is 67.5 cm³/mol. The van der Waals surface area contributed by atoms with Crippen LogP contribution in [0.1, 0.15) is 51.4 Å². The summed E-state index contributed by atoms with van der Waals surface area (Å²) in [6, 6.07) is 0. The van der Waals surface area contributed by atoms with Crippen LogP contribution in [0.25, 0.3) is 0 Å². The van der Waals surface area contributed by atoms with E-state index in [0.29, 0.717) is 13.0 Å². The highest BCUT2D eigenvalue weighted by atomic mass is 16.3. The molecule has 2 rings (SSSR count). The number of aliphatic hydroxyl groups is 1. The Morgan fingerprint density at radius 1 is 1.12 bits per heavy atom. The summed E-state index contributed by atoms with van der Waals surface area (Å²) in [5, 5.41) is 11.6. The Hall–Kier alpha value is -0.570. The molecule has 3 atom stereocenters. The average Bonchev–Trinajstić information content (AvgIpc) is 2.38. The Bertz CT molecular complexity index is 255. The van der Waals surface area contributed by atoms with E-state index in [9.17, 15) is 4.79 Å². The smallest absolute Gasteiger partial charge is 0.223 e. The minimum Gasteiger partial charge on any atom is -0.396 e. The molecule has 0 aromatic carbocycles. The zero-order chi connectivity index (χ0) is 12.1. The number of aliphatic hydroxyl groups excluding tert-OH is 1. The molecule has 17 heavy (non-hydrogen) atoms. The Morgan fingerprint density at radius 3 is 2.65 bits per heavy atom. The lowest BCUT2D eigenvalue weighted by molar-refractivity contribution is -0.127. The van der Waals surface area contributed by atoms with Gasteiger partial charge >= 0.3 is 0 Å². The van der Waals surface area contributed by atoms with Gasteiger partial charge in [-0.3, -0.25) is 4.79 Å². The van der Waals surface area contributed by atoms with Crippen molar-refractivity contribution in [3.05, 3.63) is 0 Å². The fraction of sp³-hybridized carbons (Fsp3) is 0.929. The molecule has 0 radical (unpaired) electrons. The number of nitrogens with one attached hydrogen (secondary N) is 1. The molecule has 98 valence electrons. The number of fused-ring (bicyclic) bond motifs is 1. The van der Waals surface area contributed by atoms with Crippen molar-refractivity contribution in [3.8, 4) is 0 Å². The first-order chi connectivity index (χ1) is 8.31. The first-order valence-electron chi connectivity index (χ1n) is 7.20. The third-order valence-electron chi connectivity index (χ3n) is 4.54. The summed E-state index contributed by atoms with van der Waals surface area (Å²) in [5.41, 5.74) is 0. The van der Waals surface area contributed by atoms with Crippen molar-refractivity contribution in [1.82, 2.24) is 5.32 Å². The Labute approximate surface area is 104 Å². The van der Waals surface area contributed by atoms with E-state index < -0.39 is 0 Å². The Kier molecular flexibility index (Phi) is 4.84. The van der Waals surface area contributed by atoms with Gasteiger partial charge in [-0.1, -0.05) is 25.7 Å². The molecule has 2 saturated carbocycles. The van der Waals surface area contributed by atoms with E-state index in [-0.39, 0.29) is 18.4 Å². The van der Waals surface area contributed by atoms with Crippen LogP contribution in [0.15, 0.2) is 0 Å². The number of hydrogen-bond donors (Lipinski definition) is 2. The van der Waals surface area contributed by atoms with Crippen LogP contribution in [-0.4, -0.2) is 24.2 Å². The van der Waals surface area contributed by atoms with Crippen molar-refractivity contribution in [2.24, 2.45) is 17.8 Å². The number of rotatable bonds is 4. The van der Waals surface area contributed by atoms with Gasteiger partial charge in [0.15, 0.2) is 0 Å². The second-order valence-electron chi connectivity index (χ2n) is 5.68. The number of hydrogen-bond acceptors (Lipinski definition) is 2. The van der Waals surface area contributed by atoms with Crippen molar-refractivity contribution in [2.45, 2.75) is 51.4 Å². The monoisotopic (exact) mass is 239 g/mol. The summed E-state index contributed by atoms with van der Waals surface area (Å²) in [7, 11) is 0. The van der Waals surface area contributed by atoms with E-state index in [0.717, 1.165) is 24.7 Å². The van der Waals surface area contributed by atoms with Gasteiger partial charge in [0.2, 0.25) is 5.91 Å². The van der Waals surface area contributed by atoms with Crippen molar-refractivity contribution >= 4 is 5.91 Å². The molecular weight excluding hydrogens is 214 g/mol. The molecule has 0 spiro atoms. The summed E-state index contributed by atoms with van der Waals surface area (Å²) < 4.78 is 0. The third-order valence-corrected chi connectivity index (χ3v) is 4.54. The molecule has 2 N–H and O–H groups in total. The van der Waals surface area contributed by atoms with Crippen LogP contribution >= 0.6 is 0 Å². The van der Waals surface area contributed by atoms with Crippen LogP contribution in [0.5, 0.6) is 0 Å². The van der Waals surface area contributed by atoms with Crippen LogP contribution in [-0.2, 0) is 4.79 Å². The third kappa shape index (κ3) is 3.44. The number of amides is 1. The summed E-state index contributed by atoms with van der Waals surface area (Å²) in [5.74, 6) is 2.19. The molecule has 2 aliphatic carbocycles. The SMILES string of the molecule is O=C(NCCCO)C1CCC2CCCCC2C1. The molecule has 0 bridgehead atoms. The Balaban J connectivity index is 1.76. The fourth-order valence-electron chi connectivity index (χ4n) is 3.55. The van der Waals surface area contributed by atoms with Crippen molar-refractivity contribution in [3.63, 3.8) is 0 Å². The zero-order valence-electron chi connectivity index (χ0n) is 10.7. The highest BCUT2D eigenvalue weighted by Crippen LogP contribution is 2.42. The van der Waals surface area contributed by atoms with Crippen molar-refractivity contribution in [1.29, 1.82) is 0 Å². The summed E-state index contributed by atoms with van der Waals surface area (Å²) in [4.78, 5) is 12.0. The molecular formula is C14H25NO2. The van der Waals surface area contributed by atoms with Crippen LogP contribution in [0.3, 0.4) is 0 Å². The summed E-state index contributed by atoms with van der Waals surface area (Å²) >= 11 is 0. The fourth-order valence-corrected chi connectivity index (χ4v) is 3.55. The molecule has 2 fully saturated rings. The van der Waals surface area contributed by atoms with Crippen molar-refractivity contribution < 1.29 is 9.90 Å². The van der Waals surface area contributed by atoms with Gasteiger partial charge in [0, 0.05) is 19.1 Å². The van der Waals surface area contributed by atoms with Gasteiger partial charge in [-0.25, -0.2) is 0 Å². The Morgan fingerprint density at radius 2 is 1.88 bits per heavy atom.